The first kappa shape index (κ1) is 51.5. The Morgan fingerprint density at radius 3 is 2.03 bits per heavy atom. The van der Waals surface area contributed by atoms with Crippen LogP contribution in [0.3, 0.4) is 0 Å². The number of aliphatic hydroxyl groups is 1. The van der Waals surface area contributed by atoms with Gasteiger partial charge in [-0.25, -0.2) is 4.79 Å². The van der Waals surface area contributed by atoms with Crippen LogP contribution in [0.1, 0.15) is 152 Å². The molecular weight excluding hydrogens is 949 g/mol. The number of Topliss-reactive ketones (excluding diaryl/α,β-unsaturated/α-hetero) is 1. The maximum atomic E-state index is 14.1. The van der Waals surface area contributed by atoms with E-state index in [0.717, 1.165) is 82.4 Å². The Labute approximate surface area is 439 Å². The van der Waals surface area contributed by atoms with Crippen LogP contribution in [-0.2, 0) is 10.2 Å². The Morgan fingerprint density at radius 1 is 0.722 bits per heavy atom. The molecule has 4 aromatic carbocycles. The quantitative estimate of drug-likeness (QED) is 0.0355. The molecule has 0 saturated heterocycles. The summed E-state index contributed by atoms with van der Waals surface area (Å²) in [5, 5.41) is 21.5. The zero-order valence-corrected chi connectivity index (χ0v) is 45.5. The molecule has 0 radical (unpaired) electrons. The number of unbranched alkanes of at least 4 members (excludes halogenated alkanes) is 9. The van der Waals surface area contributed by atoms with E-state index in [4.69, 9.17) is 4.74 Å². The Kier molecular flexibility index (Phi) is 16.3. The van der Waals surface area contributed by atoms with Gasteiger partial charge in [-0.3, -0.25) is 4.79 Å². The maximum Gasteiger partial charge on any atom is 0.335 e. The number of anilines is 2. The van der Waals surface area contributed by atoms with E-state index in [1.165, 1.54) is 107 Å². The molecule has 1 atom stereocenters. The molecule has 7 nitrogen and oxygen atoms in total. The Balaban J connectivity index is 0.951. The van der Waals surface area contributed by atoms with Crippen LogP contribution in [0, 0.1) is 5.92 Å². The zero-order chi connectivity index (χ0) is 50.5. The highest BCUT2D eigenvalue weighted by molar-refractivity contribution is 7.99. The molecule has 10 heteroatoms. The highest BCUT2D eigenvalue weighted by Gasteiger charge is 2.47. The fourth-order valence-electron chi connectivity index (χ4n) is 10.6. The minimum atomic E-state index is -0.964. The van der Waals surface area contributed by atoms with Crippen molar-refractivity contribution in [1.29, 1.82) is 0 Å². The smallest absolute Gasteiger partial charge is 0.335 e. The minimum Gasteiger partial charge on any atom is -0.506 e. The van der Waals surface area contributed by atoms with Gasteiger partial charge in [0, 0.05) is 59.6 Å². The number of hydrogen-bond donors (Lipinski definition) is 2. The second-order valence-corrected chi connectivity index (χ2v) is 23.7. The SMILES string of the molecule is CCCCCCCC[N+]1=C(C=C2C(=O)C(c3cc4sc(-c5ccc6c(c5)Sc5cc(-c7ccc(OCC(CC)CCCC)cc7)ccc5N6CCCCCC)cc4s3)=C2O)C(C)(C)c2cc(C(=O)O)ccc21. The first-order valence-corrected chi connectivity index (χ1v) is 29.1. The summed E-state index contributed by atoms with van der Waals surface area (Å²) in [6.07, 6.45) is 18.4. The predicted octanol–water partition coefficient (Wildman–Crippen LogP) is 18.0. The summed E-state index contributed by atoms with van der Waals surface area (Å²) in [5.41, 5.74) is 9.20. The van der Waals surface area contributed by atoms with Gasteiger partial charge in [-0.05, 0) is 116 Å². The number of aromatic carboxylic acids is 1. The number of fused-ring (bicyclic) bond motifs is 4. The number of hydrogen-bond acceptors (Lipinski definition) is 8. The molecule has 2 aliphatic heterocycles. The molecule has 72 heavy (non-hydrogen) atoms. The van der Waals surface area contributed by atoms with E-state index in [1.54, 1.807) is 34.8 Å². The molecule has 1 unspecified atom stereocenters. The molecule has 376 valence electrons. The molecule has 6 aromatic rings. The molecule has 9 rings (SSSR count). The van der Waals surface area contributed by atoms with E-state index in [2.05, 4.69) is 124 Å². The topological polar surface area (TPSA) is 90.1 Å². The molecule has 0 saturated carbocycles. The van der Waals surface area contributed by atoms with Crippen molar-refractivity contribution in [3.63, 3.8) is 0 Å². The predicted molar refractivity (Wildman–Crippen MR) is 303 cm³/mol. The molecule has 0 spiro atoms. The van der Waals surface area contributed by atoms with Crippen molar-refractivity contribution in [2.24, 2.45) is 5.92 Å². The van der Waals surface area contributed by atoms with Gasteiger partial charge in [0.05, 0.1) is 40.1 Å². The van der Waals surface area contributed by atoms with Crippen LogP contribution in [0.5, 0.6) is 5.75 Å². The molecule has 0 amide bonds. The van der Waals surface area contributed by atoms with Gasteiger partial charge in [-0.15, -0.1) is 22.7 Å². The summed E-state index contributed by atoms with van der Waals surface area (Å²) in [6.45, 7) is 15.6. The number of allylic oxidation sites excluding steroid dienone is 3. The van der Waals surface area contributed by atoms with Crippen molar-refractivity contribution < 1.29 is 29.1 Å². The Hall–Kier alpha value is -5.42. The average molecular weight is 1020 g/mol. The third kappa shape index (κ3) is 10.6. The third-order valence-corrected chi connectivity index (χ3v) is 18.5. The van der Waals surface area contributed by atoms with Crippen molar-refractivity contribution in [2.75, 3.05) is 24.6 Å². The summed E-state index contributed by atoms with van der Waals surface area (Å²) in [5.74, 6) is 0.425. The van der Waals surface area contributed by atoms with Crippen LogP contribution in [0.4, 0.5) is 17.1 Å². The molecule has 0 bridgehead atoms. The molecule has 2 N–H and O–H groups in total. The largest absolute Gasteiger partial charge is 0.506 e. The lowest BCUT2D eigenvalue weighted by molar-refractivity contribution is -0.438. The van der Waals surface area contributed by atoms with Crippen LogP contribution in [0.25, 0.3) is 36.5 Å². The second-order valence-electron chi connectivity index (χ2n) is 20.5. The van der Waals surface area contributed by atoms with Crippen molar-refractivity contribution in [3.05, 3.63) is 124 Å². The number of nitrogens with zero attached hydrogens (tertiary/aromatic N) is 2. The van der Waals surface area contributed by atoms with Crippen LogP contribution in [0.15, 0.2) is 118 Å². The van der Waals surface area contributed by atoms with Crippen molar-refractivity contribution in [2.45, 2.75) is 147 Å². The molecule has 3 aliphatic rings. The fraction of sp³-hybridized carbons (Fsp3) is 0.403. The number of rotatable bonds is 24. The molecule has 4 heterocycles. The van der Waals surface area contributed by atoms with Gasteiger partial charge in [0.1, 0.15) is 18.1 Å². The summed E-state index contributed by atoms with van der Waals surface area (Å²) in [6, 6.07) is 32.1. The number of carbonyl (C=O) groups excluding carboxylic acids is 1. The van der Waals surface area contributed by atoms with Crippen LogP contribution < -0.4 is 9.64 Å². The lowest BCUT2D eigenvalue weighted by Gasteiger charge is -2.33. The van der Waals surface area contributed by atoms with Gasteiger partial charge in [-0.1, -0.05) is 128 Å². The van der Waals surface area contributed by atoms with Crippen LogP contribution in [0.2, 0.25) is 0 Å². The van der Waals surface area contributed by atoms with Crippen LogP contribution >= 0.6 is 34.4 Å². The number of benzene rings is 4. The lowest BCUT2D eigenvalue weighted by Crippen LogP contribution is -2.31. The standard InChI is InChI=1S/C62H70N2O5S3/c1-7-11-14-16-17-19-32-64-48-28-25-44(61(67)68)33-47(48)62(5,6)57(64)36-46-59(65)58(60(46)66)56-38-55-54(72-56)37-51(70-55)43-24-30-50-53(35-43)71-52-34-42(23-29-49(52)63(50)31-18-15-12-8-2)41-21-26-45(27-22-41)69-39-40(10-4)20-13-9-3/h21-30,33-38,40H,7-20,31-32,39H2,1-6H3,(H-,65,66,67,68)/p+1. The number of thiophene rings is 2. The number of aliphatic hydroxyl groups excluding tert-OH is 1. The van der Waals surface area contributed by atoms with Gasteiger partial charge >= 0.3 is 5.97 Å². The summed E-state index contributed by atoms with van der Waals surface area (Å²) in [7, 11) is 0. The van der Waals surface area contributed by atoms with E-state index < -0.39 is 11.4 Å². The van der Waals surface area contributed by atoms with E-state index in [0.29, 0.717) is 17.1 Å². The van der Waals surface area contributed by atoms with E-state index >= 15 is 0 Å². The molecule has 1 aliphatic carbocycles. The summed E-state index contributed by atoms with van der Waals surface area (Å²) < 4.78 is 10.7. The normalized spacial score (nSPS) is 15.8. The highest BCUT2D eigenvalue weighted by atomic mass is 32.2. The Morgan fingerprint density at radius 2 is 1.35 bits per heavy atom. The molecule has 0 fully saturated rings. The number of ether oxygens (including phenoxy) is 1. The first-order chi connectivity index (χ1) is 34.9. The van der Waals surface area contributed by atoms with Crippen molar-refractivity contribution in [1.82, 2.24) is 0 Å². The lowest BCUT2D eigenvalue weighted by atomic mass is 9.78. The number of carboxylic acids is 1. The van der Waals surface area contributed by atoms with Gasteiger partial charge in [-0.2, -0.15) is 4.58 Å². The third-order valence-electron chi connectivity index (χ3n) is 15.0. The van der Waals surface area contributed by atoms with Gasteiger partial charge < -0.3 is 19.8 Å². The maximum absolute atomic E-state index is 14.1. The minimum absolute atomic E-state index is 0.0258. The zero-order valence-electron chi connectivity index (χ0n) is 43.1. The summed E-state index contributed by atoms with van der Waals surface area (Å²) >= 11 is 5.13. The highest BCUT2D eigenvalue weighted by Crippen LogP contribution is 2.52. The van der Waals surface area contributed by atoms with E-state index in [1.807, 2.05) is 23.9 Å². The van der Waals surface area contributed by atoms with Gasteiger partial charge in [0.25, 0.3) is 0 Å². The average Bonchev–Trinajstić information content (AvgIpc) is 4.03. The van der Waals surface area contributed by atoms with Crippen molar-refractivity contribution >= 4 is 83.9 Å². The van der Waals surface area contributed by atoms with E-state index in [-0.39, 0.29) is 17.1 Å². The molecule has 2 aromatic heterocycles. The second kappa shape index (κ2) is 22.8. The van der Waals surface area contributed by atoms with Gasteiger partial charge in [0.2, 0.25) is 11.5 Å². The number of carbonyl (C=O) groups is 2. The summed E-state index contributed by atoms with van der Waals surface area (Å²) in [4.78, 5) is 33.1. The fourth-order valence-corrected chi connectivity index (χ4v) is 14.2. The van der Waals surface area contributed by atoms with Crippen molar-refractivity contribution in [3.8, 4) is 27.3 Å². The number of ketones is 1. The first-order valence-electron chi connectivity index (χ1n) is 26.7. The molecular formula is C62H71N2O5S3+. The van der Waals surface area contributed by atoms with Crippen LogP contribution in [-0.4, -0.2) is 51.9 Å². The van der Waals surface area contributed by atoms with E-state index in [9.17, 15) is 19.8 Å². The number of carboxylic acid groups (broad SMARTS) is 1. The Bertz CT molecular complexity index is 3030. The monoisotopic (exact) mass is 1020 g/mol. The van der Waals surface area contributed by atoms with Gasteiger partial charge in [0.15, 0.2) is 5.71 Å².